The lowest BCUT2D eigenvalue weighted by Gasteiger charge is -2.14. The molecule has 0 aliphatic heterocycles. The molecule has 3 N–H and O–H groups in total. The Morgan fingerprint density at radius 2 is 1.85 bits per heavy atom. The molecule has 0 aliphatic carbocycles. The van der Waals surface area contributed by atoms with E-state index in [-0.39, 0.29) is 23.5 Å². The van der Waals surface area contributed by atoms with Crippen LogP contribution in [-0.2, 0) is 4.79 Å². The van der Waals surface area contributed by atoms with Crippen molar-refractivity contribution in [3.05, 3.63) is 65.5 Å². The number of nitrogen functional groups attached to an aromatic ring is 1. The van der Waals surface area contributed by atoms with Gasteiger partial charge in [-0.25, -0.2) is 9.07 Å². The Morgan fingerprint density at radius 1 is 1.19 bits per heavy atom. The number of aryl methyl sites for hydroxylation is 1. The second kappa shape index (κ2) is 8.22. The molecule has 2 aromatic carbocycles. The third kappa shape index (κ3) is 4.65. The van der Waals surface area contributed by atoms with Gasteiger partial charge >= 0.3 is 0 Å². The molecular weight excluding hydrogens is 365 g/mol. The Labute approximate surface area is 161 Å². The molecule has 0 aliphatic rings. The van der Waals surface area contributed by atoms with E-state index in [4.69, 9.17) is 5.84 Å². The molecule has 1 amide bonds. The van der Waals surface area contributed by atoms with Crippen molar-refractivity contribution in [1.82, 2.24) is 20.2 Å². The number of amides is 1. The minimum absolute atomic E-state index is 0.148. The molecule has 0 saturated heterocycles. The number of carbonyl (C=O) groups is 1. The van der Waals surface area contributed by atoms with E-state index < -0.39 is 0 Å². The number of carbonyl (C=O) groups excluding carboxylic acids is 1. The van der Waals surface area contributed by atoms with Gasteiger partial charge in [-0.1, -0.05) is 53.7 Å². The molecular formula is C19H20FN5OS. The van der Waals surface area contributed by atoms with Gasteiger partial charge in [0.1, 0.15) is 5.82 Å². The van der Waals surface area contributed by atoms with Crippen molar-refractivity contribution in [1.29, 1.82) is 0 Å². The third-order valence-electron chi connectivity index (χ3n) is 4.05. The molecule has 0 bridgehead atoms. The lowest BCUT2D eigenvalue weighted by Crippen LogP contribution is -2.28. The summed E-state index contributed by atoms with van der Waals surface area (Å²) in [6.45, 7) is 3.85. The van der Waals surface area contributed by atoms with Crippen LogP contribution in [0.1, 0.15) is 24.1 Å². The SMILES string of the molecule is Cc1ccc(-c2nnc(SCC(=O)N[C@@H](C)c3ccc(F)cc3)n2N)cc1. The van der Waals surface area contributed by atoms with Crippen LogP contribution in [0.25, 0.3) is 11.4 Å². The van der Waals surface area contributed by atoms with Crippen LogP contribution < -0.4 is 11.2 Å². The van der Waals surface area contributed by atoms with Gasteiger partial charge in [0.25, 0.3) is 0 Å². The normalized spacial score (nSPS) is 12.0. The standard InChI is InChI=1S/C19H20FN5OS/c1-12-3-5-15(6-4-12)18-23-24-19(25(18)21)27-11-17(26)22-13(2)14-7-9-16(20)10-8-14/h3-10,13H,11,21H2,1-2H3,(H,22,26)/t13-/m0/s1. The van der Waals surface area contributed by atoms with Crippen molar-refractivity contribution in [3.8, 4) is 11.4 Å². The number of benzene rings is 2. The van der Waals surface area contributed by atoms with Gasteiger partial charge in [0, 0.05) is 5.56 Å². The van der Waals surface area contributed by atoms with Crippen LogP contribution >= 0.6 is 11.8 Å². The van der Waals surface area contributed by atoms with Crippen LogP contribution in [0.15, 0.2) is 53.7 Å². The maximum absolute atomic E-state index is 13.0. The fourth-order valence-electron chi connectivity index (χ4n) is 2.52. The second-order valence-corrected chi connectivity index (χ2v) is 7.11. The van der Waals surface area contributed by atoms with E-state index in [9.17, 15) is 9.18 Å². The number of nitrogens with one attached hydrogen (secondary N) is 1. The Kier molecular flexibility index (Phi) is 5.75. The monoisotopic (exact) mass is 385 g/mol. The molecule has 0 fully saturated rings. The summed E-state index contributed by atoms with van der Waals surface area (Å²) in [5.41, 5.74) is 2.83. The first kappa shape index (κ1) is 18.9. The molecule has 0 unspecified atom stereocenters. The number of rotatable bonds is 6. The maximum atomic E-state index is 13.0. The Hall–Kier alpha value is -2.87. The molecule has 0 spiro atoms. The van der Waals surface area contributed by atoms with Crippen molar-refractivity contribution in [2.75, 3.05) is 11.6 Å². The molecule has 1 atom stereocenters. The minimum atomic E-state index is -0.306. The molecule has 0 radical (unpaired) electrons. The highest BCUT2D eigenvalue weighted by atomic mass is 32.2. The predicted octanol–water partition coefficient (Wildman–Crippen LogP) is 3.08. The lowest BCUT2D eigenvalue weighted by molar-refractivity contribution is -0.119. The zero-order valence-corrected chi connectivity index (χ0v) is 15.8. The number of nitrogens with two attached hydrogens (primary N) is 1. The molecule has 0 saturated carbocycles. The minimum Gasteiger partial charge on any atom is -0.349 e. The largest absolute Gasteiger partial charge is 0.349 e. The van der Waals surface area contributed by atoms with E-state index in [1.807, 2.05) is 38.1 Å². The van der Waals surface area contributed by atoms with E-state index >= 15 is 0 Å². The van der Waals surface area contributed by atoms with Gasteiger partial charge in [-0.05, 0) is 31.5 Å². The highest BCUT2D eigenvalue weighted by Gasteiger charge is 2.15. The quantitative estimate of drug-likeness (QED) is 0.503. The van der Waals surface area contributed by atoms with Crippen molar-refractivity contribution < 1.29 is 9.18 Å². The van der Waals surface area contributed by atoms with Crippen molar-refractivity contribution in [3.63, 3.8) is 0 Å². The third-order valence-corrected chi connectivity index (χ3v) is 5.00. The fourth-order valence-corrected chi connectivity index (χ4v) is 3.19. The number of halogens is 1. The van der Waals surface area contributed by atoms with Gasteiger partial charge in [-0.2, -0.15) is 0 Å². The van der Waals surface area contributed by atoms with Crippen LogP contribution in [-0.4, -0.2) is 26.5 Å². The van der Waals surface area contributed by atoms with Crippen LogP contribution in [0.5, 0.6) is 0 Å². The molecule has 3 rings (SSSR count). The first-order chi connectivity index (χ1) is 12.9. The number of aromatic nitrogens is 3. The van der Waals surface area contributed by atoms with Crippen LogP contribution in [0.4, 0.5) is 4.39 Å². The van der Waals surface area contributed by atoms with Gasteiger partial charge < -0.3 is 11.2 Å². The van der Waals surface area contributed by atoms with Crippen molar-refractivity contribution in [2.45, 2.75) is 25.0 Å². The van der Waals surface area contributed by atoms with Crippen LogP contribution in [0, 0.1) is 12.7 Å². The summed E-state index contributed by atoms with van der Waals surface area (Å²) in [6, 6.07) is 13.6. The molecule has 3 aromatic rings. The van der Waals surface area contributed by atoms with E-state index in [1.54, 1.807) is 12.1 Å². The van der Waals surface area contributed by atoms with E-state index in [0.717, 1.165) is 16.7 Å². The summed E-state index contributed by atoms with van der Waals surface area (Å²) >= 11 is 1.21. The van der Waals surface area contributed by atoms with Crippen molar-refractivity contribution in [2.24, 2.45) is 0 Å². The number of nitrogens with zero attached hydrogens (tertiary/aromatic N) is 3. The number of hydrogen-bond acceptors (Lipinski definition) is 5. The zero-order valence-electron chi connectivity index (χ0n) is 15.0. The van der Waals surface area contributed by atoms with Crippen LogP contribution in [0.2, 0.25) is 0 Å². The Bertz CT molecular complexity index is 924. The molecule has 1 heterocycles. The Morgan fingerprint density at radius 3 is 2.52 bits per heavy atom. The topological polar surface area (TPSA) is 85.8 Å². The predicted molar refractivity (Wildman–Crippen MR) is 104 cm³/mol. The van der Waals surface area contributed by atoms with Gasteiger partial charge in [0.2, 0.25) is 11.1 Å². The number of hydrogen-bond donors (Lipinski definition) is 2. The molecule has 140 valence electrons. The van der Waals surface area contributed by atoms with Crippen LogP contribution in [0.3, 0.4) is 0 Å². The highest BCUT2D eigenvalue weighted by molar-refractivity contribution is 7.99. The van der Waals surface area contributed by atoms with Gasteiger partial charge in [0.15, 0.2) is 5.82 Å². The van der Waals surface area contributed by atoms with E-state index in [1.165, 1.54) is 28.6 Å². The first-order valence-electron chi connectivity index (χ1n) is 8.39. The van der Waals surface area contributed by atoms with Crippen molar-refractivity contribution >= 4 is 17.7 Å². The highest BCUT2D eigenvalue weighted by Crippen LogP contribution is 2.22. The molecule has 27 heavy (non-hydrogen) atoms. The first-order valence-corrected chi connectivity index (χ1v) is 9.38. The lowest BCUT2D eigenvalue weighted by atomic mass is 10.1. The average molecular weight is 385 g/mol. The maximum Gasteiger partial charge on any atom is 0.230 e. The summed E-state index contributed by atoms with van der Waals surface area (Å²) in [5.74, 6) is 6.28. The number of thioether (sulfide) groups is 1. The zero-order chi connectivity index (χ0) is 19.4. The average Bonchev–Trinajstić information content (AvgIpc) is 3.02. The van der Waals surface area contributed by atoms with E-state index in [2.05, 4.69) is 15.5 Å². The summed E-state index contributed by atoms with van der Waals surface area (Å²) in [5, 5.41) is 11.5. The van der Waals surface area contributed by atoms with Gasteiger partial charge in [-0.15, -0.1) is 10.2 Å². The van der Waals surface area contributed by atoms with Gasteiger partial charge in [0.05, 0.1) is 11.8 Å². The summed E-state index contributed by atoms with van der Waals surface area (Å²) < 4.78 is 14.4. The van der Waals surface area contributed by atoms with E-state index in [0.29, 0.717) is 11.0 Å². The fraction of sp³-hybridized carbons (Fsp3) is 0.211. The molecule has 8 heteroatoms. The smallest absolute Gasteiger partial charge is 0.230 e. The molecule has 6 nitrogen and oxygen atoms in total. The molecule has 1 aromatic heterocycles. The van der Waals surface area contributed by atoms with Gasteiger partial charge in [-0.3, -0.25) is 4.79 Å². The summed E-state index contributed by atoms with van der Waals surface area (Å²) in [6.07, 6.45) is 0. The second-order valence-electron chi connectivity index (χ2n) is 6.17. The Balaban J connectivity index is 1.59. The summed E-state index contributed by atoms with van der Waals surface area (Å²) in [4.78, 5) is 12.2. The summed E-state index contributed by atoms with van der Waals surface area (Å²) in [7, 11) is 0.